The molecule has 36 heavy (non-hydrogen) atoms. The molecule has 4 aromatic rings. The lowest BCUT2D eigenvalue weighted by atomic mass is 10.1. The van der Waals surface area contributed by atoms with Crippen LogP contribution < -0.4 is 10.1 Å². The second kappa shape index (κ2) is 12.2. The number of ether oxygens (including phenoxy) is 1. The van der Waals surface area contributed by atoms with Gasteiger partial charge in [0.1, 0.15) is 17.8 Å². The summed E-state index contributed by atoms with van der Waals surface area (Å²) in [4.78, 5) is 19.2. The standard InChI is InChI=1S/C30H33N3O3/c1-22(2)18-31-30(34)28-21-35-29(32-28)20-33(23(3)25-12-6-4-7-13-25)19-24-11-10-16-27(17-24)36-26-14-8-5-9-15-26/h4-17,21-23H,18-20H2,1-3H3,(H,31,34). The van der Waals surface area contributed by atoms with Crippen LogP contribution in [0.15, 0.2) is 95.6 Å². The van der Waals surface area contributed by atoms with Crippen LogP contribution in [0, 0.1) is 5.92 Å². The van der Waals surface area contributed by atoms with E-state index in [2.05, 4.69) is 60.2 Å². The third-order valence-electron chi connectivity index (χ3n) is 5.89. The monoisotopic (exact) mass is 483 g/mol. The van der Waals surface area contributed by atoms with E-state index in [4.69, 9.17) is 9.15 Å². The molecule has 0 fully saturated rings. The molecule has 6 nitrogen and oxygen atoms in total. The third-order valence-corrected chi connectivity index (χ3v) is 5.89. The first-order valence-electron chi connectivity index (χ1n) is 12.3. The summed E-state index contributed by atoms with van der Waals surface area (Å²) < 4.78 is 11.8. The van der Waals surface area contributed by atoms with Gasteiger partial charge in [0, 0.05) is 19.1 Å². The van der Waals surface area contributed by atoms with Crippen molar-refractivity contribution < 1.29 is 13.9 Å². The average molecular weight is 484 g/mol. The molecule has 186 valence electrons. The highest BCUT2D eigenvalue weighted by Gasteiger charge is 2.21. The predicted molar refractivity (Wildman–Crippen MR) is 141 cm³/mol. The van der Waals surface area contributed by atoms with E-state index >= 15 is 0 Å². The van der Waals surface area contributed by atoms with Gasteiger partial charge < -0.3 is 14.5 Å². The lowest BCUT2D eigenvalue weighted by molar-refractivity contribution is 0.0944. The van der Waals surface area contributed by atoms with Crippen molar-refractivity contribution in [2.45, 2.75) is 39.9 Å². The van der Waals surface area contributed by atoms with Gasteiger partial charge in [-0.15, -0.1) is 0 Å². The summed E-state index contributed by atoms with van der Waals surface area (Å²) in [5.74, 6) is 2.24. The fraction of sp³-hybridized carbons (Fsp3) is 0.267. The van der Waals surface area contributed by atoms with Gasteiger partial charge in [-0.2, -0.15) is 0 Å². The number of amides is 1. The molecular weight excluding hydrogens is 450 g/mol. The van der Waals surface area contributed by atoms with Gasteiger partial charge in [-0.1, -0.05) is 74.5 Å². The van der Waals surface area contributed by atoms with Gasteiger partial charge in [-0.05, 0) is 48.2 Å². The summed E-state index contributed by atoms with van der Waals surface area (Å²) >= 11 is 0. The maximum absolute atomic E-state index is 12.4. The van der Waals surface area contributed by atoms with E-state index in [0.717, 1.165) is 17.1 Å². The minimum absolute atomic E-state index is 0.0926. The third kappa shape index (κ3) is 7.06. The summed E-state index contributed by atoms with van der Waals surface area (Å²) in [5, 5.41) is 2.89. The van der Waals surface area contributed by atoms with Crippen LogP contribution in [0.1, 0.15) is 54.3 Å². The Bertz CT molecular complexity index is 1240. The maximum atomic E-state index is 12.4. The van der Waals surface area contributed by atoms with E-state index in [0.29, 0.717) is 37.1 Å². The molecule has 0 aliphatic carbocycles. The molecule has 1 N–H and O–H groups in total. The lowest BCUT2D eigenvalue weighted by Gasteiger charge is -2.28. The Morgan fingerprint density at radius 2 is 1.61 bits per heavy atom. The molecule has 1 unspecified atom stereocenters. The van der Waals surface area contributed by atoms with Crippen molar-refractivity contribution in [2.75, 3.05) is 6.54 Å². The Hall–Kier alpha value is -3.90. The van der Waals surface area contributed by atoms with Crippen molar-refractivity contribution in [3.8, 4) is 11.5 Å². The van der Waals surface area contributed by atoms with Crippen LogP contribution >= 0.6 is 0 Å². The van der Waals surface area contributed by atoms with Gasteiger partial charge in [0.05, 0.1) is 6.54 Å². The number of carbonyl (C=O) groups is 1. The fourth-order valence-electron chi connectivity index (χ4n) is 3.89. The Labute approximate surface area is 212 Å². The Morgan fingerprint density at radius 3 is 2.33 bits per heavy atom. The van der Waals surface area contributed by atoms with Gasteiger partial charge in [0.15, 0.2) is 5.69 Å². The Balaban J connectivity index is 1.52. The van der Waals surface area contributed by atoms with Crippen molar-refractivity contribution in [1.29, 1.82) is 0 Å². The zero-order valence-electron chi connectivity index (χ0n) is 21.1. The summed E-state index contributed by atoms with van der Waals surface area (Å²) in [5.41, 5.74) is 2.60. The molecule has 0 spiro atoms. The molecule has 1 atom stereocenters. The molecule has 6 heteroatoms. The van der Waals surface area contributed by atoms with Gasteiger partial charge in [-0.3, -0.25) is 9.69 Å². The van der Waals surface area contributed by atoms with E-state index in [1.165, 1.54) is 11.8 Å². The molecule has 0 bridgehead atoms. The average Bonchev–Trinajstić information content (AvgIpc) is 3.36. The van der Waals surface area contributed by atoms with Crippen LogP contribution in [-0.4, -0.2) is 22.3 Å². The number of carbonyl (C=O) groups excluding carboxylic acids is 1. The van der Waals surface area contributed by atoms with Gasteiger partial charge in [0.25, 0.3) is 5.91 Å². The van der Waals surface area contributed by atoms with E-state index in [1.54, 1.807) is 0 Å². The SMILES string of the molecule is CC(C)CNC(=O)c1coc(CN(Cc2cccc(Oc3ccccc3)c2)C(C)c2ccccc2)n1. The van der Waals surface area contributed by atoms with Crippen LogP contribution in [0.2, 0.25) is 0 Å². The largest absolute Gasteiger partial charge is 0.457 e. The fourth-order valence-corrected chi connectivity index (χ4v) is 3.89. The topological polar surface area (TPSA) is 67.6 Å². The Morgan fingerprint density at radius 1 is 0.917 bits per heavy atom. The van der Waals surface area contributed by atoms with Gasteiger partial charge in [-0.25, -0.2) is 4.98 Å². The molecule has 1 heterocycles. The first-order chi connectivity index (χ1) is 17.5. The van der Waals surface area contributed by atoms with E-state index in [9.17, 15) is 4.79 Å². The maximum Gasteiger partial charge on any atom is 0.273 e. The highest BCUT2D eigenvalue weighted by Crippen LogP contribution is 2.27. The van der Waals surface area contributed by atoms with Crippen LogP contribution in [0.4, 0.5) is 0 Å². The molecular formula is C30H33N3O3. The Kier molecular flexibility index (Phi) is 8.53. The second-order valence-corrected chi connectivity index (χ2v) is 9.28. The van der Waals surface area contributed by atoms with Gasteiger partial charge in [0.2, 0.25) is 5.89 Å². The minimum Gasteiger partial charge on any atom is -0.457 e. The van der Waals surface area contributed by atoms with Crippen molar-refractivity contribution in [1.82, 2.24) is 15.2 Å². The first kappa shape index (κ1) is 25.2. The van der Waals surface area contributed by atoms with Gasteiger partial charge >= 0.3 is 0 Å². The highest BCUT2D eigenvalue weighted by molar-refractivity contribution is 5.91. The van der Waals surface area contributed by atoms with Crippen LogP contribution in [0.3, 0.4) is 0 Å². The first-order valence-corrected chi connectivity index (χ1v) is 12.3. The molecule has 1 aromatic heterocycles. The predicted octanol–water partition coefficient (Wildman–Crippen LogP) is 6.62. The lowest BCUT2D eigenvalue weighted by Crippen LogP contribution is -2.28. The minimum atomic E-state index is -0.216. The van der Waals surface area contributed by atoms with Crippen molar-refractivity contribution in [3.63, 3.8) is 0 Å². The smallest absolute Gasteiger partial charge is 0.273 e. The number of rotatable bonds is 11. The quantitative estimate of drug-likeness (QED) is 0.260. The van der Waals surface area contributed by atoms with E-state index in [1.807, 2.05) is 60.7 Å². The number of hydrogen-bond acceptors (Lipinski definition) is 5. The number of oxazole rings is 1. The molecule has 0 saturated carbocycles. The van der Waals surface area contributed by atoms with E-state index < -0.39 is 0 Å². The molecule has 1 amide bonds. The highest BCUT2D eigenvalue weighted by atomic mass is 16.5. The van der Waals surface area contributed by atoms with E-state index in [-0.39, 0.29) is 11.9 Å². The summed E-state index contributed by atoms with van der Waals surface area (Å²) in [7, 11) is 0. The zero-order valence-corrected chi connectivity index (χ0v) is 21.1. The molecule has 0 saturated heterocycles. The number of hydrogen-bond donors (Lipinski definition) is 1. The number of benzene rings is 3. The summed E-state index contributed by atoms with van der Waals surface area (Å²) in [6.07, 6.45) is 1.44. The molecule has 3 aromatic carbocycles. The van der Waals surface area contributed by atoms with Crippen molar-refractivity contribution >= 4 is 5.91 Å². The number of nitrogens with zero attached hydrogens (tertiary/aromatic N) is 2. The normalized spacial score (nSPS) is 12.0. The summed E-state index contributed by atoms with van der Waals surface area (Å²) in [6.45, 7) is 7.98. The van der Waals surface area contributed by atoms with Crippen LogP contribution in [-0.2, 0) is 13.1 Å². The van der Waals surface area contributed by atoms with Crippen LogP contribution in [0.5, 0.6) is 11.5 Å². The number of nitrogens with one attached hydrogen (secondary N) is 1. The molecule has 4 rings (SSSR count). The second-order valence-electron chi connectivity index (χ2n) is 9.28. The van der Waals surface area contributed by atoms with Crippen molar-refractivity contribution in [3.05, 3.63) is 114 Å². The molecule has 0 radical (unpaired) electrons. The zero-order chi connectivity index (χ0) is 25.3. The van der Waals surface area contributed by atoms with Crippen molar-refractivity contribution in [2.24, 2.45) is 5.92 Å². The number of para-hydroxylation sites is 1. The summed E-state index contributed by atoms with van der Waals surface area (Å²) in [6, 6.07) is 28.3. The molecule has 0 aliphatic heterocycles. The number of aromatic nitrogens is 1. The molecule has 0 aliphatic rings. The van der Waals surface area contributed by atoms with Crippen LogP contribution in [0.25, 0.3) is 0 Å².